The second-order valence-electron chi connectivity index (χ2n) is 1.40. The van der Waals surface area contributed by atoms with Gasteiger partial charge in [-0.15, -0.1) is 0 Å². The van der Waals surface area contributed by atoms with Gasteiger partial charge in [0.1, 0.15) is 6.54 Å². The molecule has 0 spiro atoms. The normalized spacial score (nSPS) is 6.42. The molecule has 0 heterocycles. The summed E-state index contributed by atoms with van der Waals surface area (Å²) in [5.41, 5.74) is 19.7. The van der Waals surface area contributed by atoms with Crippen LogP contribution in [0.1, 0.15) is 6.92 Å². The maximum atomic E-state index is 9.72. The van der Waals surface area contributed by atoms with E-state index in [0.29, 0.717) is 6.54 Å². The van der Waals surface area contributed by atoms with Crippen molar-refractivity contribution < 1.29 is 4.79 Å². The van der Waals surface area contributed by atoms with Gasteiger partial charge in [0.2, 0.25) is 5.91 Å². The minimum atomic E-state index is -0.613. The lowest BCUT2D eigenvalue weighted by Crippen LogP contribution is -2.13. The molecule has 0 unspecified atom stereocenters. The van der Waals surface area contributed by atoms with Gasteiger partial charge in [-0.25, -0.2) is 0 Å². The Morgan fingerprint density at radius 2 is 1.92 bits per heavy atom. The summed E-state index contributed by atoms with van der Waals surface area (Å²) in [7, 11) is 0. The summed E-state index contributed by atoms with van der Waals surface area (Å²) < 4.78 is 0. The molecule has 0 atom stereocenters. The smallest absolute Gasteiger partial charge is 0.223 e. The van der Waals surface area contributed by atoms with Crippen molar-refractivity contribution in [3.8, 4) is 0 Å². The molecule has 0 saturated carbocycles. The van der Waals surface area contributed by atoms with E-state index >= 15 is 0 Å². The van der Waals surface area contributed by atoms with Gasteiger partial charge >= 0.3 is 0 Å². The number of carbonyl (C=O) groups is 1. The number of nitrogens with zero attached hydrogens (tertiary/aromatic N) is 6. The standard InChI is InChI=1S/C2H4N4O.C2H5N3/c3-2(7)1-5-6-4;1-2-4-5-3/h1H2,(H2,3,7);2H2,1H3. The summed E-state index contributed by atoms with van der Waals surface area (Å²) in [5.74, 6) is -0.613. The Morgan fingerprint density at radius 3 is 2.00 bits per heavy atom. The molecule has 0 aromatic heterocycles. The number of hydrogen-bond donors (Lipinski definition) is 1. The maximum absolute atomic E-state index is 9.72. The molecule has 0 aliphatic carbocycles. The molecule has 8 heteroatoms. The predicted octanol–water partition coefficient (Wildman–Crippen LogP) is 1.10. The van der Waals surface area contributed by atoms with E-state index in [0.717, 1.165) is 0 Å². The van der Waals surface area contributed by atoms with Crippen molar-refractivity contribution in [2.75, 3.05) is 13.1 Å². The summed E-state index contributed by atoms with van der Waals surface area (Å²) >= 11 is 0. The fourth-order valence-electron chi connectivity index (χ4n) is 0.165. The number of azide groups is 2. The molecule has 0 bridgehead atoms. The third-order valence-electron chi connectivity index (χ3n) is 0.494. The van der Waals surface area contributed by atoms with E-state index in [-0.39, 0.29) is 6.54 Å². The molecule has 66 valence electrons. The SMILES string of the molecule is CCN=[N+]=[N-].[N-]=[N+]=NCC(N)=O. The zero-order chi connectivity index (χ0) is 9.82. The predicted molar refractivity (Wildman–Crippen MR) is 42.9 cm³/mol. The first-order chi connectivity index (χ1) is 5.68. The van der Waals surface area contributed by atoms with Crippen LogP contribution < -0.4 is 5.73 Å². The third kappa shape index (κ3) is 24.3. The number of rotatable bonds is 3. The highest BCUT2D eigenvalue weighted by Crippen LogP contribution is 1.64. The van der Waals surface area contributed by atoms with Crippen LogP contribution in [0.15, 0.2) is 10.2 Å². The van der Waals surface area contributed by atoms with Crippen molar-refractivity contribution in [3.63, 3.8) is 0 Å². The lowest BCUT2D eigenvalue weighted by Gasteiger charge is -1.75. The van der Waals surface area contributed by atoms with Crippen molar-refractivity contribution >= 4 is 5.91 Å². The van der Waals surface area contributed by atoms with Crippen LogP contribution >= 0.6 is 0 Å². The first-order valence-electron chi connectivity index (χ1n) is 2.99. The molecule has 2 N–H and O–H groups in total. The Kier molecular flexibility index (Phi) is 12.6. The van der Waals surface area contributed by atoms with Gasteiger partial charge in [0.25, 0.3) is 0 Å². The van der Waals surface area contributed by atoms with Gasteiger partial charge in [-0.1, -0.05) is 17.2 Å². The minimum absolute atomic E-state index is 0.253. The van der Waals surface area contributed by atoms with Crippen molar-refractivity contribution in [1.82, 2.24) is 0 Å². The Labute approximate surface area is 68.6 Å². The number of amides is 1. The zero-order valence-corrected chi connectivity index (χ0v) is 6.58. The summed E-state index contributed by atoms with van der Waals surface area (Å²) in [6.45, 7) is 2.09. The zero-order valence-electron chi connectivity index (χ0n) is 6.58. The average molecular weight is 171 g/mol. The van der Waals surface area contributed by atoms with Crippen LogP contribution in [-0.2, 0) is 4.79 Å². The Balaban J connectivity index is 0. The molecule has 0 fully saturated rings. The molecule has 0 aromatic rings. The van der Waals surface area contributed by atoms with Gasteiger partial charge in [0, 0.05) is 16.4 Å². The van der Waals surface area contributed by atoms with Crippen LogP contribution in [0.25, 0.3) is 20.9 Å². The molecule has 1 amide bonds. The molecule has 8 nitrogen and oxygen atoms in total. The highest BCUT2D eigenvalue weighted by molar-refractivity contribution is 5.75. The van der Waals surface area contributed by atoms with Crippen molar-refractivity contribution in [1.29, 1.82) is 0 Å². The highest BCUT2D eigenvalue weighted by Gasteiger charge is 1.83. The number of nitrogens with two attached hydrogens (primary N) is 1. The fraction of sp³-hybridized carbons (Fsp3) is 0.750. The maximum Gasteiger partial charge on any atom is 0.223 e. The minimum Gasteiger partial charge on any atom is -0.370 e. The molecule has 0 rings (SSSR count). The lowest BCUT2D eigenvalue weighted by molar-refractivity contribution is -0.116. The highest BCUT2D eigenvalue weighted by atomic mass is 16.1. The van der Waals surface area contributed by atoms with Gasteiger partial charge in [-0.05, 0) is 11.1 Å². The summed E-state index contributed by atoms with van der Waals surface area (Å²) in [6.07, 6.45) is 0. The lowest BCUT2D eigenvalue weighted by atomic mass is 10.7. The van der Waals surface area contributed by atoms with Gasteiger partial charge in [0.15, 0.2) is 0 Å². The number of primary amides is 1. The van der Waals surface area contributed by atoms with E-state index in [4.69, 9.17) is 11.1 Å². The van der Waals surface area contributed by atoms with Crippen LogP contribution in [0, 0.1) is 0 Å². The molecule has 0 saturated heterocycles. The van der Waals surface area contributed by atoms with E-state index in [1.807, 2.05) is 0 Å². The van der Waals surface area contributed by atoms with Crippen LogP contribution in [0.3, 0.4) is 0 Å². The third-order valence-corrected chi connectivity index (χ3v) is 0.494. The second-order valence-corrected chi connectivity index (χ2v) is 1.40. The molecular weight excluding hydrogens is 162 g/mol. The topological polar surface area (TPSA) is 141 Å². The van der Waals surface area contributed by atoms with E-state index < -0.39 is 5.91 Å². The molecule has 0 radical (unpaired) electrons. The first-order valence-corrected chi connectivity index (χ1v) is 2.99. The number of carbonyl (C=O) groups excluding carboxylic acids is 1. The van der Waals surface area contributed by atoms with E-state index in [9.17, 15) is 4.79 Å². The largest absolute Gasteiger partial charge is 0.370 e. The van der Waals surface area contributed by atoms with Crippen molar-refractivity contribution in [2.24, 2.45) is 16.0 Å². The molecular formula is C4H9N7O. The fourth-order valence-corrected chi connectivity index (χ4v) is 0.165. The Morgan fingerprint density at radius 1 is 1.42 bits per heavy atom. The quantitative estimate of drug-likeness (QED) is 0.378. The van der Waals surface area contributed by atoms with Crippen LogP contribution in [0.4, 0.5) is 0 Å². The Bertz CT molecular complexity index is 211. The second kappa shape index (κ2) is 11.8. The summed E-state index contributed by atoms with van der Waals surface area (Å²) in [5, 5.41) is 6.03. The monoisotopic (exact) mass is 171 g/mol. The van der Waals surface area contributed by atoms with E-state index in [2.05, 4.69) is 25.8 Å². The van der Waals surface area contributed by atoms with Crippen molar-refractivity contribution in [3.05, 3.63) is 20.9 Å². The average Bonchev–Trinajstić information content (AvgIpc) is 2.03. The van der Waals surface area contributed by atoms with Gasteiger partial charge in [-0.3, -0.25) is 4.79 Å². The van der Waals surface area contributed by atoms with Gasteiger partial charge in [-0.2, -0.15) is 0 Å². The number of hydrogen-bond acceptors (Lipinski definition) is 3. The van der Waals surface area contributed by atoms with E-state index in [1.54, 1.807) is 6.92 Å². The molecule has 0 aliphatic rings. The molecule has 0 aromatic carbocycles. The first kappa shape index (κ1) is 12.7. The van der Waals surface area contributed by atoms with Gasteiger partial charge < -0.3 is 5.73 Å². The van der Waals surface area contributed by atoms with Crippen molar-refractivity contribution in [2.45, 2.75) is 6.92 Å². The summed E-state index contributed by atoms with van der Waals surface area (Å²) in [6, 6.07) is 0. The van der Waals surface area contributed by atoms with Crippen LogP contribution in [-0.4, -0.2) is 19.0 Å². The van der Waals surface area contributed by atoms with Crippen LogP contribution in [0.5, 0.6) is 0 Å². The molecule has 12 heavy (non-hydrogen) atoms. The molecule has 0 aliphatic heterocycles. The summed E-state index contributed by atoms with van der Waals surface area (Å²) in [4.78, 5) is 14.5. The van der Waals surface area contributed by atoms with Gasteiger partial charge in [0.05, 0.1) is 0 Å². The Hall–Kier alpha value is -1.91. The van der Waals surface area contributed by atoms with Crippen LogP contribution in [0.2, 0.25) is 0 Å². The van der Waals surface area contributed by atoms with E-state index in [1.165, 1.54) is 0 Å².